The van der Waals surface area contributed by atoms with Crippen LogP contribution in [0, 0.1) is 11.8 Å². The van der Waals surface area contributed by atoms with Crippen LogP contribution in [0.1, 0.15) is 25.7 Å². The molecule has 0 aliphatic heterocycles. The van der Waals surface area contributed by atoms with Crippen LogP contribution >= 0.6 is 0 Å². The lowest BCUT2D eigenvalue weighted by molar-refractivity contribution is -0.877. The van der Waals surface area contributed by atoms with E-state index < -0.39 is 0 Å². The summed E-state index contributed by atoms with van der Waals surface area (Å²) in [6.07, 6.45) is 5.59. The monoisotopic (exact) mass is 167 g/mol. The van der Waals surface area contributed by atoms with E-state index in [4.69, 9.17) is 5.10 Å². The van der Waals surface area contributed by atoms with Crippen molar-refractivity contribution in [3.63, 3.8) is 0 Å². The summed E-state index contributed by atoms with van der Waals surface area (Å²) in [4.78, 5) is 0. The van der Waals surface area contributed by atoms with Crippen LogP contribution in [0.15, 0.2) is 5.10 Å². The summed E-state index contributed by atoms with van der Waals surface area (Å²) in [7, 11) is 6.41. The molecule has 68 valence electrons. The number of hydrogen-bond acceptors (Lipinski definition) is 1. The Kier molecular flexibility index (Phi) is 1.76. The lowest BCUT2D eigenvalue weighted by atomic mass is 9.99. The minimum atomic E-state index is 0.749. The zero-order chi connectivity index (χ0) is 8.77. The van der Waals surface area contributed by atoms with Crippen molar-refractivity contribution in [3.8, 4) is 0 Å². The summed E-state index contributed by atoms with van der Waals surface area (Å²) in [5, 5.41) is 4.75. The minimum Gasteiger partial charge on any atom is -0.205 e. The summed E-state index contributed by atoms with van der Waals surface area (Å²) in [6, 6.07) is 0. The van der Waals surface area contributed by atoms with Crippen molar-refractivity contribution in [2.24, 2.45) is 16.9 Å². The van der Waals surface area contributed by atoms with Crippen molar-refractivity contribution in [1.82, 2.24) is 0 Å². The number of fused-ring (bicyclic) bond motifs is 2. The average Bonchev–Trinajstić information content (AvgIpc) is 2.42. The fraction of sp³-hybridized carbons (Fsp3) is 0.900. The second-order valence-corrected chi connectivity index (χ2v) is 5.11. The molecule has 0 N–H and O–H groups in total. The van der Waals surface area contributed by atoms with Gasteiger partial charge in [-0.05, 0) is 31.6 Å². The molecule has 2 nitrogen and oxygen atoms in total. The molecule has 2 saturated carbocycles. The van der Waals surface area contributed by atoms with Gasteiger partial charge < -0.3 is 0 Å². The first-order chi connectivity index (χ1) is 5.54. The van der Waals surface area contributed by atoms with Gasteiger partial charge in [0.2, 0.25) is 0 Å². The molecule has 0 unspecified atom stereocenters. The highest BCUT2D eigenvalue weighted by Crippen LogP contribution is 2.42. The van der Waals surface area contributed by atoms with Crippen LogP contribution in [-0.4, -0.2) is 31.4 Å². The largest absolute Gasteiger partial charge is 0.205 e. The van der Waals surface area contributed by atoms with E-state index in [0.717, 1.165) is 16.4 Å². The summed E-state index contributed by atoms with van der Waals surface area (Å²) >= 11 is 0. The van der Waals surface area contributed by atoms with E-state index >= 15 is 0 Å². The van der Waals surface area contributed by atoms with E-state index in [9.17, 15) is 0 Å². The van der Waals surface area contributed by atoms with E-state index in [1.165, 1.54) is 31.4 Å². The molecule has 0 aromatic heterocycles. The van der Waals surface area contributed by atoms with Gasteiger partial charge in [-0.15, -0.1) is 0 Å². The summed E-state index contributed by atoms with van der Waals surface area (Å²) in [6.45, 7) is 0. The average molecular weight is 167 g/mol. The fourth-order valence-electron chi connectivity index (χ4n) is 2.53. The minimum absolute atomic E-state index is 0.749. The third-order valence-corrected chi connectivity index (χ3v) is 2.94. The Labute approximate surface area is 74.8 Å². The van der Waals surface area contributed by atoms with E-state index in [-0.39, 0.29) is 0 Å². The standard InChI is InChI=1S/C10H19N2/c1-12(2,3)11-10-7-8-4-5-9(10)6-8/h8-9H,4-7H2,1-3H3/q+1/b11-10-/t8-,9-/m1/s1. The zero-order valence-corrected chi connectivity index (χ0v) is 8.38. The molecule has 12 heavy (non-hydrogen) atoms. The number of rotatable bonds is 1. The smallest absolute Gasteiger partial charge is 0.0923 e. The predicted molar refractivity (Wildman–Crippen MR) is 50.9 cm³/mol. The molecule has 2 aliphatic carbocycles. The highest BCUT2D eigenvalue weighted by atomic mass is 15.6. The van der Waals surface area contributed by atoms with Gasteiger partial charge in [0.05, 0.1) is 26.9 Å². The Morgan fingerprint density at radius 1 is 1.25 bits per heavy atom. The van der Waals surface area contributed by atoms with Crippen LogP contribution in [0.4, 0.5) is 0 Å². The first-order valence-corrected chi connectivity index (χ1v) is 4.95. The van der Waals surface area contributed by atoms with Crippen LogP contribution in [-0.2, 0) is 0 Å². The van der Waals surface area contributed by atoms with E-state index in [1.807, 2.05) is 0 Å². The van der Waals surface area contributed by atoms with Gasteiger partial charge in [0.15, 0.2) is 0 Å². The molecule has 2 fully saturated rings. The molecular formula is C10H19N2+. The molecule has 2 rings (SSSR count). The Bertz CT molecular complexity index is 212. The highest BCUT2D eigenvalue weighted by Gasteiger charge is 2.38. The van der Waals surface area contributed by atoms with Crippen molar-refractivity contribution in [2.75, 3.05) is 21.1 Å². The van der Waals surface area contributed by atoms with Crippen LogP contribution in [0.5, 0.6) is 0 Å². The molecule has 0 spiro atoms. The second-order valence-electron chi connectivity index (χ2n) is 5.11. The van der Waals surface area contributed by atoms with Gasteiger partial charge in [-0.2, -0.15) is 0 Å². The molecule has 2 aliphatic rings. The maximum atomic E-state index is 4.75. The molecule has 2 heteroatoms. The van der Waals surface area contributed by atoms with Crippen LogP contribution in [0.3, 0.4) is 0 Å². The van der Waals surface area contributed by atoms with Crippen molar-refractivity contribution >= 4 is 5.71 Å². The number of nitrogens with zero attached hydrogens (tertiary/aromatic N) is 2. The Morgan fingerprint density at radius 2 is 2.00 bits per heavy atom. The zero-order valence-electron chi connectivity index (χ0n) is 8.38. The van der Waals surface area contributed by atoms with Gasteiger partial charge in [0.25, 0.3) is 0 Å². The normalized spacial score (nSPS) is 38.1. The van der Waals surface area contributed by atoms with Gasteiger partial charge in [0, 0.05) is 5.92 Å². The fourth-order valence-corrected chi connectivity index (χ4v) is 2.53. The summed E-state index contributed by atoms with van der Waals surface area (Å²) in [5.41, 5.74) is 1.50. The quantitative estimate of drug-likeness (QED) is 0.417. The van der Waals surface area contributed by atoms with Crippen LogP contribution in [0.2, 0.25) is 0 Å². The topological polar surface area (TPSA) is 12.4 Å². The molecular weight excluding hydrogens is 148 g/mol. The third kappa shape index (κ3) is 1.53. The second kappa shape index (κ2) is 2.56. The SMILES string of the molecule is C[N+](C)(C)/N=C1/C[C@@H]2CC[C@@H]1C2. The van der Waals surface area contributed by atoms with Crippen molar-refractivity contribution < 1.29 is 4.59 Å². The predicted octanol–water partition coefficient (Wildman–Crippen LogP) is 1.87. The molecule has 0 amide bonds. The maximum absolute atomic E-state index is 4.75. The van der Waals surface area contributed by atoms with Gasteiger partial charge in [-0.1, -0.05) is 5.10 Å². The Balaban J connectivity index is 2.12. The molecule has 0 radical (unpaired) electrons. The summed E-state index contributed by atoms with van der Waals surface area (Å²) < 4.78 is 0.749. The van der Waals surface area contributed by atoms with Crippen LogP contribution in [0.25, 0.3) is 0 Å². The molecule has 0 aromatic carbocycles. The van der Waals surface area contributed by atoms with Gasteiger partial charge in [0.1, 0.15) is 0 Å². The molecule has 2 bridgehead atoms. The Hall–Kier alpha value is -0.370. The van der Waals surface area contributed by atoms with E-state index in [2.05, 4.69) is 21.1 Å². The van der Waals surface area contributed by atoms with Gasteiger partial charge in [-0.3, -0.25) is 0 Å². The van der Waals surface area contributed by atoms with E-state index in [1.54, 1.807) is 0 Å². The first-order valence-electron chi connectivity index (χ1n) is 4.95. The lowest BCUT2D eigenvalue weighted by Crippen LogP contribution is -2.30. The first kappa shape index (κ1) is 8.24. The van der Waals surface area contributed by atoms with E-state index in [0.29, 0.717) is 0 Å². The molecule has 0 saturated heterocycles. The third-order valence-electron chi connectivity index (χ3n) is 2.94. The molecule has 2 atom stereocenters. The van der Waals surface area contributed by atoms with Gasteiger partial charge >= 0.3 is 0 Å². The van der Waals surface area contributed by atoms with Crippen molar-refractivity contribution in [1.29, 1.82) is 0 Å². The van der Waals surface area contributed by atoms with Crippen molar-refractivity contribution in [3.05, 3.63) is 0 Å². The van der Waals surface area contributed by atoms with Gasteiger partial charge in [-0.25, -0.2) is 4.59 Å². The molecule has 0 aromatic rings. The Morgan fingerprint density at radius 3 is 2.42 bits per heavy atom. The number of quaternary nitrogens is 1. The molecule has 0 heterocycles. The van der Waals surface area contributed by atoms with Crippen molar-refractivity contribution in [2.45, 2.75) is 25.7 Å². The highest BCUT2D eigenvalue weighted by molar-refractivity contribution is 5.89. The van der Waals surface area contributed by atoms with Crippen LogP contribution < -0.4 is 0 Å². The lowest BCUT2D eigenvalue weighted by Gasteiger charge is -2.19. The summed E-state index contributed by atoms with van der Waals surface area (Å²) in [5.74, 6) is 1.84. The number of hydrogen-bond donors (Lipinski definition) is 0. The maximum Gasteiger partial charge on any atom is 0.0923 e.